The molecule has 0 fully saturated rings. The predicted octanol–water partition coefficient (Wildman–Crippen LogP) is -1.38. The van der Waals surface area contributed by atoms with Gasteiger partial charge in [-0.3, -0.25) is 25.6 Å². The van der Waals surface area contributed by atoms with E-state index < -0.39 is 34.0 Å². The van der Waals surface area contributed by atoms with Gasteiger partial charge in [-0.15, -0.1) is 0 Å². The zero-order valence-corrected chi connectivity index (χ0v) is 12.6. The van der Waals surface area contributed by atoms with E-state index in [0.29, 0.717) is 0 Å². The summed E-state index contributed by atoms with van der Waals surface area (Å²) in [5.41, 5.74) is 11.6. The van der Waals surface area contributed by atoms with E-state index in [1.54, 1.807) is 0 Å². The summed E-state index contributed by atoms with van der Waals surface area (Å²) >= 11 is 0. The summed E-state index contributed by atoms with van der Waals surface area (Å²) in [5, 5.41) is 20.1. The second kappa shape index (κ2) is 7.02. The van der Waals surface area contributed by atoms with Crippen molar-refractivity contribution >= 4 is 17.9 Å². The average molecular weight is 319 g/mol. The number of nitrogens with zero attached hydrogens (tertiary/aromatic N) is 2. The minimum absolute atomic E-state index is 0.216. The largest absolute Gasteiger partial charge is 0.475 e. The number of nitrogens with two attached hydrogens (primary N) is 3. The van der Waals surface area contributed by atoms with Gasteiger partial charge in [-0.2, -0.15) is 0 Å². The highest BCUT2D eigenvalue weighted by molar-refractivity contribution is 5.86. The molecule has 0 aromatic heterocycles. The zero-order valence-electron chi connectivity index (χ0n) is 12.6. The number of guanidine groups is 1. The third-order valence-electron chi connectivity index (χ3n) is 2.58. The maximum Gasteiger partial charge on any atom is 0.399 e. The van der Waals surface area contributed by atoms with E-state index in [0.717, 1.165) is 0 Å². The fourth-order valence-electron chi connectivity index (χ4n) is 1.57. The lowest BCUT2D eigenvalue weighted by Crippen LogP contribution is -2.63. The molecule has 0 aliphatic heterocycles. The van der Waals surface area contributed by atoms with Crippen LogP contribution in [0.1, 0.15) is 27.2 Å². The number of hydrogen-bond donors (Lipinski definition) is 4. The summed E-state index contributed by atoms with van der Waals surface area (Å²) in [6.07, 6.45) is -0.364. The molecule has 0 saturated carbocycles. The Bertz CT molecular complexity index is 466. The van der Waals surface area contributed by atoms with Crippen molar-refractivity contribution in [1.82, 2.24) is 0 Å². The van der Waals surface area contributed by atoms with E-state index in [1.165, 1.54) is 20.8 Å². The molecule has 0 saturated heterocycles. The van der Waals surface area contributed by atoms with Gasteiger partial charge in [0.1, 0.15) is 5.60 Å². The SMILES string of the molecule is CC(C)(C)OC(=O)C(CCN=C(N)N)C(N)(C(=O)O)[N+](=O)[O-]. The lowest BCUT2D eigenvalue weighted by Gasteiger charge is -2.28. The lowest BCUT2D eigenvalue weighted by molar-refractivity contribution is -0.562. The van der Waals surface area contributed by atoms with Gasteiger partial charge in [-0.25, -0.2) is 4.79 Å². The Morgan fingerprint density at radius 3 is 2.18 bits per heavy atom. The average Bonchev–Trinajstić information content (AvgIpc) is 2.30. The molecule has 0 bridgehead atoms. The van der Waals surface area contributed by atoms with Crippen molar-refractivity contribution in [3.8, 4) is 0 Å². The van der Waals surface area contributed by atoms with Crippen LogP contribution < -0.4 is 17.2 Å². The molecule has 11 heteroatoms. The first-order chi connectivity index (χ1) is 9.82. The standard InChI is InChI=1S/C11H21N5O6/c1-10(2,3)22-7(17)6(4-5-15-9(12)13)11(14,8(18)19)16(20)21/h6H,4-5,14H2,1-3H3,(H,18,19)(H4,12,13,15). The first kappa shape index (κ1) is 19.6. The van der Waals surface area contributed by atoms with Crippen LogP contribution in [0.15, 0.2) is 4.99 Å². The van der Waals surface area contributed by atoms with Crippen LogP contribution in [0.4, 0.5) is 0 Å². The van der Waals surface area contributed by atoms with Crippen LogP contribution in [0, 0.1) is 16.0 Å². The predicted molar refractivity (Wildman–Crippen MR) is 76.2 cm³/mol. The van der Waals surface area contributed by atoms with Gasteiger partial charge in [0, 0.05) is 6.54 Å². The number of carboxylic acids is 1. The van der Waals surface area contributed by atoms with Gasteiger partial charge in [0.15, 0.2) is 11.9 Å². The Morgan fingerprint density at radius 1 is 1.36 bits per heavy atom. The second-order valence-electron chi connectivity index (χ2n) is 5.57. The first-order valence-electron chi connectivity index (χ1n) is 6.27. The van der Waals surface area contributed by atoms with Crippen molar-refractivity contribution in [1.29, 1.82) is 0 Å². The Kier molecular flexibility index (Phi) is 6.25. The fourth-order valence-corrected chi connectivity index (χ4v) is 1.57. The van der Waals surface area contributed by atoms with Crippen molar-refractivity contribution in [2.45, 2.75) is 38.5 Å². The highest BCUT2D eigenvalue weighted by Crippen LogP contribution is 2.24. The topological polar surface area (TPSA) is 197 Å². The van der Waals surface area contributed by atoms with Gasteiger partial charge in [0.2, 0.25) is 0 Å². The van der Waals surface area contributed by atoms with Gasteiger partial charge >= 0.3 is 17.6 Å². The molecular weight excluding hydrogens is 298 g/mol. The van der Waals surface area contributed by atoms with Gasteiger partial charge in [-0.1, -0.05) is 0 Å². The molecule has 0 radical (unpaired) electrons. The van der Waals surface area contributed by atoms with Gasteiger partial charge in [0.25, 0.3) is 0 Å². The van der Waals surface area contributed by atoms with E-state index in [2.05, 4.69) is 4.99 Å². The molecule has 11 nitrogen and oxygen atoms in total. The van der Waals surface area contributed by atoms with Crippen molar-refractivity contribution in [3.63, 3.8) is 0 Å². The number of nitro groups is 1. The highest BCUT2D eigenvalue weighted by Gasteiger charge is 2.59. The molecule has 2 atom stereocenters. The molecule has 2 unspecified atom stereocenters. The number of aliphatic carboxylic acids is 1. The van der Waals surface area contributed by atoms with E-state index in [-0.39, 0.29) is 18.9 Å². The second-order valence-corrected chi connectivity index (χ2v) is 5.57. The van der Waals surface area contributed by atoms with E-state index in [9.17, 15) is 19.7 Å². The zero-order chi connectivity index (χ0) is 17.7. The van der Waals surface area contributed by atoms with Crippen LogP contribution >= 0.6 is 0 Å². The van der Waals surface area contributed by atoms with Crippen LogP contribution in [0.2, 0.25) is 0 Å². The maximum absolute atomic E-state index is 12.1. The van der Waals surface area contributed by atoms with Gasteiger partial charge in [0.05, 0.1) is 4.92 Å². The van der Waals surface area contributed by atoms with Gasteiger partial charge < -0.3 is 21.3 Å². The highest BCUT2D eigenvalue weighted by atomic mass is 16.6. The molecule has 0 heterocycles. The van der Waals surface area contributed by atoms with Crippen LogP contribution in [-0.4, -0.2) is 45.7 Å². The Hall–Kier alpha value is -2.43. The lowest BCUT2D eigenvalue weighted by atomic mass is 9.90. The molecule has 0 aromatic carbocycles. The number of carboxylic acid groups (broad SMARTS) is 1. The molecular formula is C11H21N5O6. The Labute approximate surface area is 126 Å². The molecule has 0 aliphatic carbocycles. The number of carbonyl (C=O) groups is 2. The smallest absolute Gasteiger partial charge is 0.399 e. The third kappa shape index (κ3) is 5.16. The Morgan fingerprint density at radius 2 is 1.86 bits per heavy atom. The molecule has 0 spiro atoms. The summed E-state index contributed by atoms with van der Waals surface area (Å²) in [7, 11) is 0. The molecule has 126 valence electrons. The number of hydrogen-bond acceptors (Lipinski definition) is 7. The monoisotopic (exact) mass is 319 g/mol. The number of aliphatic imine (C=N–C) groups is 1. The van der Waals surface area contributed by atoms with Crippen LogP contribution in [0.3, 0.4) is 0 Å². The van der Waals surface area contributed by atoms with E-state index in [4.69, 9.17) is 27.0 Å². The van der Waals surface area contributed by atoms with Crippen molar-refractivity contribution < 1.29 is 24.4 Å². The molecule has 22 heavy (non-hydrogen) atoms. The molecule has 0 rings (SSSR count). The van der Waals surface area contributed by atoms with Crippen LogP contribution in [0.25, 0.3) is 0 Å². The summed E-state index contributed by atoms with van der Waals surface area (Å²) in [6, 6.07) is 0. The fraction of sp³-hybridized carbons (Fsp3) is 0.727. The van der Waals surface area contributed by atoms with Crippen molar-refractivity contribution in [2.75, 3.05) is 6.54 Å². The van der Waals surface area contributed by atoms with Crippen LogP contribution in [0.5, 0.6) is 0 Å². The van der Waals surface area contributed by atoms with Crippen molar-refractivity contribution in [3.05, 3.63) is 10.1 Å². The third-order valence-corrected chi connectivity index (χ3v) is 2.58. The normalized spacial score (nSPS) is 15.3. The van der Waals surface area contributed by atoms with Gasteiger partial charge in [-0.05, 0) is 27.2 Å². The first-order valence-corrected chi connectivity index (χ1v) is 6.27. The summed E-state index contributed by atoms with van der Waals surface area (Å²) in [6.45, 7) is 4.38. The summed E-state index contributed by atoms with van der Waals surface area (Å²) < 4.78 is 5.01. The minimum atomic E-state index is -3.04. The van der Waals surface area contributed by atoms with E-state index in [1.807, 2.05) is 0 Å². The number of esters is 1. The molecule has 7 N–H and O–H groups in total. The molecule has 0 aliphatic rings. The Balaban J connectivity index is 5.57. The van der Waals surface area contributed by atoms with E-state index >= 15 is 0 Å². The molecule has 0 amide bonds. The number of carbonyl (C=O) groups excluding carboxylic acids is 1. The number of ether oxygens (including phenoxy) is 1. The molecule has 0 aromatic rings. The van der Waals surface area contributed by atoms with Crippen LogP contribution in [-0.2, 0) is 14.3 Å². The number of rotatable bonds is 7. The maximum atomic E-state index is 12.1. The quantitative estimate of drug-likeness (QED) is 0.109. The minimum Gasteiger partial charge on any atom is -0.475 e. The summed E-state index contributed by atoms with van der Waals surface area (Å²) in [4.78, 5) is 36.7. The summed E-state index contributed by atoms with van der Waals surface area (Å²) in [5.74, 6) is -5.14. The van der Waals surface area contributed by atoms with Crippen molar-refractivity contribution in [2.24, 2.45) is 28.1 Å².